The molecule has 0 bridgehead atoms. The molecule has 0 saturated carbocycles. The number of nitrogens with zero attached hydrogens (tertiary/aromatic N) is 5. The normalized spacial score (nSPS) is 21.5. The summed E-state index contributed by atoms with van der Waals surface area (Å²) in [4.78, 5) is 82.5. The zero-order valence-corrected chi connectivity index (χ0v) is 29.1. The molecule has 2 aliphatic rings. The number of aliphatic hydroxyl groups excluding tert-OH is 1. The van der Waals surface area contributed by atoms with Gasteiger partial charge >= 0.3 is 11.7 Å². The highest BCUT2D eigenvalue weighted by Crippen LogP contribution is 2.30. The summed E-state index contributed by atoms with van der Waals surface area (Å²) in [6.07, 6.45) is -2.64. The summed E-state index contributed by atoms with van der Waals surface area (Å²) in [6.45, 7) is 6.67. The van der Waals surface area contributed by atoms with Crippen molar-refractivity contribution in [2.75, 3.05) is 18.2 Å². The maximum atomic E-state index is 13.5. The average Bonchev–Trinajstić information content (AvgIpc) is 3.71. The van der Waals surface area contributed by atoms with Crippen molar-refractivity contribution in [3.8, 4) is 0 Å². The molecular formula is C32H42N8O9S. The Labute approximate surface area is 291 Å². The molecule has 17 nitrogen and oxygen atoms in total. The predicted octanol–water partition coefficient (Wildman–Crippen LogP) is 1.04. The molecule has 0 spiro atoms. The number of hydrogen-bond acceptors (Lipinski definition) is 11. The first-order valence-corrected chi connectivity index (χ1v) is 17.2. The average molecular weight is 715 g/mol. The summed E-state index contributed by atoms with van der Waals surface area (Å²) in [5.41, 5.74) is 8.25. The summed E-state index contributed by atoms with van der Waals surface area (Å²) in [7, 11) is 0. The first-order valence-electron chi connectivity index (χ1n) is 16.1. The molecule has 2 aromatic rings. The number of benzene rings is 1. The van der Waals surface area contributed by atoms with E-state index in [0.29, 0.717) is 5.75 Å². The van der Waals surface area contributed by atoms with Gasteiger partial charge in [-0.1, -0.05) is 35.4 Å². The van der Waals surface area contributed by atoms with E-state index in [9.17, 15) is 33.9 Å². The first-order chi connectivity index (χ1) is 23.7. The Kier molecular flexibility index (Phi) is 12.9. The number of esters is 1. The Morgan fingerprint density at radius 1 is 1.20 bits per heavy atom. The zero-order valence-electron chi connectivity index (χ0n) is 28.2. The molecule has 4 rings (SSSR count). The van der Waals surface area contributed by atoms with Crippen molar-refractivity contribution >= 4 is 35.5 Å². The van der Waals surface area contributed by atoms with Gasteiger partial charge in [0.2, 0.25) is 11.8 Å². The van der Waals surface area contributed by atoms with Crippen LogP contribution in [0.4, 0.5) is 0 Å². The summed E-state index contributed by atoms with van der Waals surface area (Å²) in [5, 5.41) is 20.5. The van der Waals surface area contributed by atoms with Crippen molar-refractivity contribution in [2.45, 2.75) is 95.5 Å². The fourth-order valence-electron chi connectivity index (χ4n) is 5.55. The SMILES string of the molecule is Cc1cn([C@H]2C[C@H](N=[N+]=[N-])[C@@H](COC(=O)CCC(=O)N[C@@H](Cc3ccccc3)[C@H](O)C(=O)N3CSC[C@H]3C(=O)NC(C)(C)C)O2)c(=O)[nH]c1=O. The number of aliphatic hydroxyl groups is 1. The number of aromatic amines is 1. The van der Waals surface area contributed by atoms with Crippen LogP contribution in [0.5, 0.6) is 0 Å². The van der Waals surface area contributed by atoms with Crippen molar-refractivity contribution in [2.24, 2.45) is 5.11 Å². The van der Waals surface area contributed by atoms with Gasteiger partial charge in [-0.25, -0.2) is 4.79 Å². The summed E-state index contributed by atoms with van der Waals surface area (Å²) in [5.74, 6) is -1.86. The second kappa shape index (κ2) is 16.8. The molecule has 50 heavy (non-hydrogen) atoms. The molecule has 3 heterocycles. The van der Waals surface area contributed by atoms with Gasteiger partial charge in [-0.3, -0.25) is 33.5 Å². The molecule has 4 N–H and O–H groups in total. The monoisotopic (exact) mass is 714 g/mol. The minimum Gasteiger partial charge on any atom is -0.463 e. The number of azide groups is 1. The van der Waals surface area contributed by atoms with E-state index >= 15 is 0 Å². The number of hydrogen-bond donors (Lipinski definition) is 4. The number of aryl methyl sites for hydroxylation is 1. The molecule has 0 unspecified atom stereocenters. The standard InChI is InChI=1S/C32H42N8O9S/c1-18-14-39(31(47)35-28(18)44)25-13-20(37-38-33)23(49-25)15-48-26(42)11-10-24(41)34-21(12-19-8-6-5-7-9-19)27(43)30(46)40-17-50-16-22(40)29(45)36-32(2,3)4/h5-9,14,20-23,25,27,43H,10-13,15-17H2,1-4H3,(H,34,41)(H,36,45)(H,35,44,47)/t20-,21-,22-,23+,25+,27-/m0/s1. The number of amides is 3. The van der Waals surface area contributed by atoms with E-state index in [1.165, 1.54) is 29.8 Å². The van der Waals surface area contributed by atoms with Crippen LogP contribution in [0.2, 0.25) is 0 Å². The fraction of sp³-hybridized carbons (Fsp3) is 0.562. The molecule has 0 radical (unpaired) electrons. The van der Waals surface area contributed by atoms with Crippen molar-refractivity contribution in [1.82, 2.24) is 25.1 Å². The van der Waals surface area contributed by atoms with Crippen molar-refractivity contribution < 1.29 is 33.8 Å². The smallest absolute Gasteiger partial charge is 0.330 e. The van der Waals surface area contributed by atoms with Crippen LogP contribution < -0.4 is 21.9 Å². The van der Waals surface area contributed by atoms with E-state index in [4.69, 9.17) is 15.0 Å². The molecule has 6 atom stereocenters. The van der Waals surface area contributed by atoms with Gasteiger partial charge in [0.15, 0.2) is 6.10 Å². The molecule has 2 saturated heterocycles. The molecule has 18 heteroatoms. The number of rotatable bonds is 13. The Bertz CT molecular complexity index is 1720. The third-order valence-electron chi connectivity index (χ3n) is 8.07. The van der Waals surface area contributed by atoms with E-state index in [-0.39, 0.29) is 49.6 Å². The van der Waals surface area contributed by atoms with Gasteiger partial charge in [-0.05, 0) is 45.2 Å². The Balaban J connectivity index is 1.35. The highest BCUT2D eigenvalue weighted by Gasteiger charge is 2.41. The second-order valence-corrected chi connectivity index (χ2v) is 14.2. The van der Waals surface area contributed by atoms with E-state index < -0.39 is 71.1 Å². The topological polar surface area (TPSA) is 238 Å². The molecule has 1 aromatic heterocycles. The second-order valence-electron chi connectivity index (χ2n) is 13.2. The summed E-state index contributed by atoms with van der Waals surface area (Å²) >= 11 is 1.38. The van der Waals surface area contributed by atoms with Crippen LogP contribution in [-0.2, 0) is 35.1 Å². The molecule has 1 aromatic carbocycles. The van der Waals surface area contributed by atoms with Gasteiger partial charge in [-0.15, -0.1) is 11.8 Å². The highest BCUT2D eigenvalue weighted by molar-refractivity contribution is 7.99. The van der Waals surface area contributed by atoms with Crippen molar-refractivity contribution in [1.29, 1.82) is 0 Å². The van der Waals surface area contributed by atoms with Crippen molar-refractivity contribution in [3.63, 3.8) is 0 Å². The van der Waals surface area contributed by atoms with E-state index in [0.717, 1.165) is 10.1 Å². The molecule has 3 amide bonds. The lowest BCUT2D eigenvalue weighted by molar-refractivity contribution is -0.150. The number of H-pyrrole nitrogens is 1. The highest BCUT2D eigenvalue weighted by atomic mass is 32.2. The lowest BCUT2D eigenvalue weighted by atomic mass is 9.99. The quantitative estimate of drug-likeness (QED) is 0.0995. The van der Waals surface area contributed by atoms with Gasteiger partial charge in [-0.2, -0.15) is 0 Å². The first kappa shape index (κ1) is 38.2. The summed E-state index contributed by atoms with van der Waals surface area (Å²) < 4.78 is 12.3. The lowest BCUT2D eigenvalue weighted by Crippen LogP contribution is -2.57. The third-order valence-corrected chi connectivity index (χ3v) is 9.08. The zero-order chi connectivity index (χ0) is 36.6. The maximum absolute atomic E-state index is 13.5. The van der Waals surface area contributed by atoms with Crippen LogP contribution in [0, 0.1) is 6.92 Å². The van der Waals surface area contributed by atoms with E-state index in [1.54, 1.807) is 30.3 Å². The molecule has 270 valence electrons. The molecule has 2 aliphatic heterocycles. The Morgan fingerprint density at radius 3 is 2.60 bits per heavy atom. The van der Waals surface area contributed by atoms with Crippen LogP contribution in [0.3, 0.4) is 0 Å². The molecule has 2 fully saturated rings. The van der Waals surface area contributed by atoms with Crippen LogP contribution >= 0.6 is 11.8 Å². The van der Waals surface area contributed by atoms with Gasteiger partial charge in [0.25, 0.3) is 11.5 Å². The van der Waals surface area contributed by atoms with Gasteiger partial charge in [0.05, 0.1) is 24.4 Å². The lowest BCUT2D eigenvalue weighted by Gasteiger charge is -2.31. The fourth-order valence-corrected chi connectivity index (χ4v) is 6.71. The third kappa shape index (κ3) is 10.2. The van der Waals surface area contributed by atoms with Gasteiger partial charge < -0.3 is 30.1 Å². The van der Waals surface area contributed by atoms with Crippen LogP contribution in [-0.4, -0.2) is 97.4 Å². The van der Waals surface area contributed by atoms with Crippen LogP contribution in [0.1, 0.15) is 57.4 Å². The minimum absolute atomic E-state index is 0.0854. The van der Waals surface area contributed by atoms with E-state index in [2.05, 4.69) is 25.6 Å². The predicted molar refractivity (Wildman–Crippen MR) is 182 cm³/mol. The van der Waals surface area contributed by atoms with Crippen LogP contribution in [0.25, 0.3) is 10.4 Å². The Morgan fingerprint density at radius 2 is 1.92 bits per heavy atom. The van der Waals surface area contributed by atoms with Crippen LogP contribution in [0.15, 0.2) is 51.2 Å². The molecule has 0 aliphatic carbocycles. The number of thioether (sulfide) groups is 1. The summed E-state index contributed by atoms with van der Waals surface area (Å²) in [6, 6.07) is 6.30. The Hall–Kier alpha value is -4.64. The number of carbonyl (C=O) groups is 4. The number of aromatic nitrogens is 2. The number of ether oxygens (including phenoxy) is 2. The van der Waals surface area contributed by atoms with Gasteiger partial charge in [0, 0.05) is 40.8 Å². The van der Waals surface area contributed by atoms with Gasteiger partial charge in [0.1, 0.15) is 25.0 Å². The molecular weight excluding hydrogens is 672 g/mol. The maximum Gasteiger partial charge on any atom is 0.330 e. The minimum atomic E-state index is -1.68. The number of carbonyl (C=O) groups excluding carboxylic acids is 4. The van der Waals surface area contributed by atoms with Crippen molar-refractivity contribution in [3.05, 3.63) is 78.9 Å². The number of nitrogens with one attached hydrogen (secondary N) is 3. The van der Waals surface area contributed by atoms with E-state index in [1.807, 2.05) is 20.8 Å². The largest absolute Gasteiger partial charge is 0.463 e.